The molecule has 18 heavy (non-hydrogen) atoms. The third-order valence-electron chi connectivity index (χ3n) is 2.87. The number of hydrogen-bond acceptors (Lipinski definition) is 3. The van der Waals surface area contributed by atoms with E-state index in [1.807, 2.05) is 30.3 Å². The van der Waals surface area contributed by atoms with Crippen molar-refractivity contribution in [3.8, 4) is 11.3 Å². The van der Waals surface area contributed by atoms with Crippen LogP contribution in [-0.2, 0) is 5.88 Å². The number of oxazole rings is 1. The molecular formula is C14H11ClN2O. The first-order valence-electron chi connectivity index (χ1n) is 5.59. The van der Waals surface area contributed by atoms with E-state index in [4.69, 9.17) is 21.8 Å². The van der Waals surface area contributed by atoms with Crippen LogP contribution in [0.4, 0.5) is 6.01 Å². The summed E-state index contributed by atoms with van der Waals surface area (Å²) in [6, 6.07) is 14.3. The largest absolute Gasteiger partial charge is 0.423 e. The second-order valence-electron chi connectivity index (χ2n) is 3.99. The van der Waals surface area contributed by atoms with Crippen LogP contribution in [0.5, 0.6) is 0 Å². The minimum atomic E-state index is 0.147. The molecule has 2 N–H and O–H groups in total. The quantitative estimate of drug-likeness (QED) is 0.711. The molecule has 90 valence electrons. The smallest absolute Gasteiger partial charge is 0.292 e. The Hall–Kier alpha value is -2.00. The molecule has 0 aliphatic rings. The van der Waals surface area contributed by atoms with Gasteiger partial charge in [0, 0.05) is 5.56 Å². The first kappa shape index (κ1) is 11.1. The number of aromatic nitrogens is 1. The van der Waals surface area contributed by atoms with Gasteiger partial charge in [-0.2, -0.15) is 4.98 Å². The third-order valence-corrected chi connectivity index (χ3v) is 3.13. The van der Waals surface area contributed by atoms with E-state index in [1.54, 1.807) is 0 Å². The first-order chi connectivity index (χ1) is 8.79. The molecule has 0 spiro atoms. The van der Waals surface area contributed by atoms with Crippen LogP contribution in [0, 0.1) is 0 Å². The van der Waals surface area contributed by atoms with Gasteiger partial charge in [0.25, 0.3) is 6.01 Å². The average Bonchev–Trinajstić information content (AvgIpc) is 2.79. The highest BCUT2D eigenvalue weighted by molar-refractivity contribution is 6.17. The number of nitrogens with two attached hydrogens (primary N) is 1. The highest BCUT2D eigenvalue weighted by atomic mass is 35.5. The Morgan fingerprint density at radius 3 is 2.72 bits per heavy atom. The Balaban J connectivity index is 2.31. The van der Waals surface area contributed by atoms with Crippen molar-refractivity contribution in [3.63, 3.8) is 0 Å². The van der Waals surface area contributed by atoms with E-state index in [9.17, 15) is 0 Å². The van der Waals surface area contributed by atoms with E-state index in [0.717, 1.165) is 16.3 Å². The van der Waals surface area contributed by atoms with Crippen LogP contribution < -0.4 is 5.73 Å². The molecule has 4 heteroatoms. The second kappa shape index (κ2) is 4.35. The zero-order valence-corrected chi connectivity index (χ0v) is 10.3. The van der Waals surface area contributed by atoms with Gasteiger partial charge < -0.3 is 10.2 Å². The summed E-state index contributed by atoms with van der Waals surface area (Å²) in [6.45, 7) is 0. The van der Waals surface area contributed by atoms with E-state index in [0.29, 0.717) is 11.5 Å². The zero-order chi connectivity index (χ0) is 12.5. The molecule has 3 rings (SSSR count). The molecule has 1 aromatic heterocycles. The monoisotopic (exact) mass is 258 g/mol. The predicted molar refractivity (Wildman–Crippen MR) is 73.4 cm³/mol. The van der Waals surface area contributed by atoms with Gasteiger partial charge in [-0.25, -0.2) is 0 Å². The van der Waals surface area contributed by atoms with Crippen molar-refractivity contribution in [3.05, 3.63) is 48.2 Å². The summed E-state index contributed by atoms with van der Waals surface area (Å²) in [7, 11) is 0. The summed E-state index contributed by atoms with van der Waals surface area (Å²) in [5, 5.41) is 2.24. The minimum absolute atomic E-state index is 0.147. The fourth-order valence-electron chi connectivity index (χ4n) is 2.09. The lowest BCUT2D eigenvalue weighted by molar-refractivity contribution is 0.594. The maximum Gasteiger partial charge on any atom is 0.292 e. The molecule has 0 unspecified atom stereocenters. The molecule has 0 aliphatic heterocycles. The lowest BCUT2D eigenvalue weighted by Crippen LogP contribution is -1.85. The van der Waals surface area contributed by atoms with Gasteiger partial charge >= 0.3 is 0 Å². The number of rotatable bonds is 2. The van der Waals surface area contributed by atoms with Gasteiger partial charge in [-0.3, -0.25) is 0 Å². The van der Waals surface area contributed by atoms with Crippen LogP contribution in [0.1, 0.15) is 5.69 Å². The molecule has 2 aromatic carbocycles. The molecule has 0 amide bonds. The molecular weight excluding hydrogens is 248 g/mol. The molecule has 3 nitrogen and oxygen atoms in total. The summed E-state index contributed by atoms with van der Waals surface area (Å²) >= 11 is 5.87. The second-order valence-corrected chi connectivity index (χ2v) is 4.26. The van der Waals surface area contributed by atoms with Crippen molar-refractivity contribution in [2.24, 2.45) is 0 Å². The Morgan fingerprint density at radius 2 is 1.89 bits per heavy atom. The first-order valence-corrected chi connectivity index (χ1v) is 6.12. The van der Waals surface area contributed by atoms with E-state index in [-0.39, 0.29) is 11.9 Å². The Kier molecular flexibility index (Phi) is 2.68. The van der Waals surface area contributed by atoms with Gasteiger partial charge in [0.15, 0.2) is 5.76 Å². The third kappa shape index (κ3) is 1.73. The van der Waals surface area contributed by atoms with Gasteiger partial charge in [0.1, 0.15) is 5.69 Å². The fourth-order valence-corrected chi connectivity index (χ4v) is 2.28. The molecule has 0 fully saturated rings. The average molecular weight is 259 g/mol. The van der Waals surface area contributed by atoms with E-state index >= 15 is 0 Å². The molecule has 3 aromatic rings. The number of nitrogens with zero attached hydrogens (tertiary/aromatic N) is 1. The summed E-state index contributed by atoms with van der Waals surface area (Å²) < 4.78 is 5.48. The number of nitrogen functional groups attached to an aromatic ring is 1. The van der Waals surface area contributed by atoms with Crippen LogP contribution in [0.25, 0.3) is 22.1 Å². The van der Waals surface area contributed by atoms with Crippen LogP contribution >= 0.6 is 11.6 Å². The van der Waals surface area contributed by atoms with Crippen molar-refractivity contribution < 1.29 is 4.42 Å². The minimum Gasteiger partial charge on any atom is -0.423 e. The number of alkyl halides is 1. The molecule has 0 saturated carbocycles. The zero-order valence-electron chi connectivity index (χ0n) is 9.56. The van der Waals surface area contributed by atoms with Gasteiger partial charge in [-0.1, -0.05) is 42.5 Å². The predicted octanol–water partition coefficient (Wildman–Crippen LogP) is 3.82. The van der Waals surface area contributed by atoms with Crippen LogP contribution in [0.3, 0.4) is 0 Å². The number of hydrogen-bond donors (Lipinski definition) is 1. The number of fused-ring (bicyclic) bond motifs is 1. The van der Waals surface area contributed by atoms with Crippen LogP contribution in [0.2, 0.25) is 0 Å². The lowest BCUT2D eigenvalue weighted by Gasteiger charge is -2.04. The standard InChI is InChI=1S/C14H11ClN2O/c15-8-12-13(18-14(16)17-12)11-7-3-5-9-4-1-2-6-10(9)11/h1-7H,8H2,(H2,16,17). The Bertz CT molecular complexity index is 701. The van der Waals surface area contributed by atoms with Gasteiger partial charge in [-0.15, -0.1) is 11.6 Å². The maximum absolute atomic E-state index is 5.87. The van der Waals surface area contributed by atoms with Crippen molar-refractivity contribution in [2.75, 3.05) is 5.73 Å². The Labute approximate surface area is 109 Å². The fraction of sp³-hybridized carbons (Fsp3) is 0.0714. The van der Waals surface area contributed by atoms with Gasteiger partial charge in [-0.05, 0) is 10.8 Å². The van der Waals surface area contributed by atoms with E-state index in [1.165, 1.54) is 0 Å². The summed E-state index contributed by atoms with van der Waals surface area (Å²) in [5.41, 5.74) is 7.24. The van der Waals surface area contributed by atoms with Crippen molar-refractivity contribution in [2.45, 2.75) is 5.88 Å². The molecule has 0 aliphatic carbocycles. The molecule has 0 bridgehead atoms. The number of halogens is 1. The summed E-state index contributed by atoms with van der Waals surface area (Å²) in [4.78, 5) is 4.09. The molecule has 0 atom stereocenters. The van der Waals surface area contributed by atoms with Crippen molar-refractivity contribution >= 4 is 28.4 Å². The van der Waals surface area contributed by atoms with Crippen molar-refractivity contribution in [1.29, 1.82) is 0 Å². The SMILES string of the molecule is Nc1nc(CCl)c(-c2cccc3ccccc23)o1. The molecule has 0 saturated heterocycles. The summed E-state index contributed by atoms with van der Waals surface area (Å²) in [6.07, 6.45) is 0. The summed E-state index contributed by atoms with van der Waals surface area (Å²) in [5.74, 6) is 0.929. The number of benzene rings is 2. The highest BCUT2D eigenvalue weighted by Gasteiger charge is 2.14. The lowest BCUT2D eigenvalue weighted by atomic mass is 10.0. The topological polar surface area (TPSA) is 52.0 Å². The Morgan fingerprint density at radius 1 is 1.11 bits per heavy atom. The van der Waals surface area contributed by atoms with Gasteiger partial charge in [0.05, 0.1) is 5.88 Å². The van der Waals surface area contributed by atoms with E-state index < -0.39 is 0 Å². The molecule has 1 heterocycles. The maximum atomic E-state index is 5.87. The van der Waals surface area contributed by atoms with Gasteiger partial charge in [0.2, 0.25) is 0 Å². The normalized spacial score (nSPS) is 10.9. The van der Waals surface area contributed by atoms with Crippen molar-refractivity contribution in [1.82, 2.24) is 4.98 Å². The van der Waals surface area contributed by atoms with E-state index in [2.05, 4.69) is 17.1 Å². The molecule has 0 radical (unpaired) electrons. The highest BCUT2D eigenvalue weighted by Crippen LogP contribution is 2.32. The number of anilines is 1. The van der Waals surface area contributed by atoms with Crippen LogP contribution in [-0.4, -0.2) is 4.98 Å². The van der Waals surface area contributed by atoms with Crippen LogP contribution in [0.15, 0.2) is 46.9 Å².